The van der Waals surface area contributed by atoms with Gasteiger partial charge >= 0.3 is 18.1 Å². The molecule has 0 radical (unpaired) electrons. The van der Waals surface area contributed by atoms with E-state index in [-0.39, 0.29) is 37.2 Å². The van der Waals surface area contributed by atoms with Crippen LogP contribution in [0.4, 0.5) is 4.79 Å². The molecular weight excluding hydrogens is 676 g/mol. The minimum atomic E-state index is -1.48. The summed E-state index contributed by atoms with van der Waals surface area (Å²) in [7, 11) is 5.23. The van der Waals surface area contributed by atoms with Gasteiger partial charge in [-0.15, -0.1) is 0 Å². The highest BCUT2D eigenvalue weighted by Gasteiger charge is 2.59. The number of carbonyl (C=O) groups excluding carboxylic acids is 4. The number of Topliss-reactive ketones (excluding diaryl/α,β-unsaturated/α-hetero) is 1. The van der Waals surface area contributed by atoms with Crippen LogP contribution in [-0.2, 0) is 54.0 Å². The second-order valence-electron chi connectivity index (χ2n) is 15.5. The van der Waals surface area contributed by atoms with Crippen molar-refractivity contribution in [2.24, 2.45) is 23.7 Å². The van der Waals surface area contributed by atoms with E-state index >= 15 is 0 Å². The number of fused-ring (bicyclic) bond motifs is 1. The second-order valence-corrected chi connectivity index (χ2v) is 15.5. The molecular formula is C38H58N2O12. The first kappa shape index (κ1) is 41.6. The third-order valence-electron chi connectivity index (χ3n) is 11.3. The molecule has 1 aromatic rings. The number of hydrogen-bond acceptors (Lipinski definition) is 14. The van der Waals surface area contributed by atoms with Gasteiger partial charge < -0.3 is 43.2 Å². The number of nitrogens with zero attached hydrogens (tertiary/aromatic N) is 2. The van der Waals surface area contributed by atoms with Gasteiger partial charge in [-0.2, -0.15) is 0 Å². The van der Waals surface area contributed by atoms with Gasteiger partial charge in [0, 0.05) is 37.4 Å². The number of likely N-dealkylation sites (N-methyl/N-ethyl adjacent to an activating group) is 1. The van der Waals surface area contributed by atoms with Gasteiger partial charge in [0.2, 0.25) is 0 Å². The third kappa shape index (κ3) is 8.78. The first-order valence-electron chi connectivity index (χ1n) is 18.3. The van der Waals surface area contributed by atoms with Crippen molar-refractivity contribution in [1.29, 1.82) is 0 Å². The summed E-state index contributed by atoms with van der Waals surface area (Å²) in [6.45, 7) is 13.9. The normalized spacial score (nSPS) is 40.6. The van der Waals surface area contributed by atoms with E-state index < -0.39 is 89.8 Å². The molecule has 52 heavy (non-hydrogen) atoms. The summed E-state index contributed by atoms with van der Waals surface area (Å²) in [5.41, 5.74) is -2.14. The van der Waals surface area contributed by atoms with Gasteiger partial charge in [0.15, 0.2) is 18.0 Å². The number of aliphatic hydroxyl groups excluding tert-OH is 1. The topological polar surface area (TPSA) is 169 Å². The number of hydrogen-bond donors (Lipinski definition) is 1. The molecule has 0 unspecified atom stereocenters. The Morgan fingerprint density at radius 2 is 1.77 bits per heavy atom. The van der Waals surface area contributed by atoms with E-state index in [0.29, 0.717) is 12.0 Å². The Hall–Kier alpha value is -3.17. The third-order valence-corrected chi connectivity index (χ3v) is 11.3. The number of aromatic nitrogens is 1. The number of carbonyl (C=O) groups is 4. The number of ether oxygens (including phenoxy) is 7. The molecule has 292 valence electrons. The van der Waals surface area contributed by atoms with Crippen molar-refractivity contribution in [2.45, 2.75) is 141 Å². The lowest BCUT2D eigenvalue weighted by atomic mass is 9.74. The fourth-order valence-corrected chi connectivity index (χ4v) is 8.26. The highest BCUT2D eigenvalue weighted by molar-refractivity contribution is 5.84. The SMILES string of the molecule is CC[C@H]1OC(=O)[C@H](C)[C@@H](OC(=O)Cc2cccnc2)[C@H](C)[C@@H](O[C@@H]2O[C@H](C)C[C@H](N(C)C)[C@H]2O)[C@@](C)(OC)C[C@@H](C)C(=O)[C@H](C)[C@H]2OC(=O)O[C@@]21C. The highest BCUT2D eigenvalue weighted by Crippen LogP contribution is 2.42. The van der Waals surface area contributed by atoms with Gasteiger partial charge in [-0.25, -0.2) is 4.79 Å². The van der Waals surface area contributed by atoms with E-state index in [1.807, 2.05) is 25.9 Å². The first-order valence-corrected chi connectivity index (χ1v) is 18.3. The lowest BCUT2D eigenvalue weighted by Crippen LogP contribution is -2.60. The molecule has 0 aliphatic carbocycles. The van der Waals surface area contributed by atoms with Crippen molar-refractivity contribution in [2.75, 3.05) is 21.2 Å². The van der Waals surface area contributed by atoms with Crippen LogP contribution in [0.2, 0.25) is 0 Å². The van der Waals surface area contributed by atoms with Crippen LogP contribution in [0, 0.1) is 23.7 Å². The molecule has 0 amide bonds. The summed E-state index contributed by atoms with van der Waals surface area (Å²) in [5.74, 6) is -4.95. The fraction of sp³-hybridized carbons (Fsp3) is 0.763. The predicted molar refractivity (Wildman–Crippen MR) is 187 cm³/mol. The molecule has 3 saturated heterocycles. The van der Waals surface area contributed by atoms with Crippen molar-refractivity contribution in [1.82, 2.24) is 9.88 Å². The maximum absolute atomic E-state index is 14.2. The summed E-state index contributed by atoms with van der Waals surface area (Å²) in [6, 6.07) is 3.16. The van der Waals surface area contributed by atoms with E-state index in [2.05, 4.69) is 4.98 Å². The number of pyridine rings is 1. The number of esters is 2. The Labute approximate surface area is 307 Å². The van der Waals surface area contributed by atoms with Crippen LogP contribution in [0.3, 0.4) is 0 Å². The van der Waals surface area contributed by atoms with Gasteiger partial charge in [-0.05, 0) is 72.7 Å². The van der Waals surface area contributed by atoms with Crippen LogP contribution in [0.1, 0.15) is 80.2 Å². The summed E-state index contributed by atoms with van der Waals surface area (Å²) in [5, 5.41) is 11.5. The molecule has 4 heterocycles. The Morgan fingerprint density at radius 3 is 2.37 bits per heavy atom. The molecule has 4 rings (SSSR count). The average molecular weight is 735 g/mol. The summed E-state index contributed by atoms with van der Waals surface area (Å²) >= 11 is 0. The van der Waals surface area contributed by atoms with Gasteiger partial charge in [0.05, 0.1) is 36.1 Å². The molecule has 0 bridgehead atoms. The summed E-state index contributed by atoms with van der Waals surface area (Å²) < 4.78 is 42.7. The maximum atomic E-state index is 14.2. The van der Waals surface area contributed by atoms with Gasteiger partial charge in [-0.3, -0.25) is 19.4 Å². The van der Waals surface area contributed by atoms with Crippen LogP contribution >= 0.6 is 0 Å². The molecule has 0 saturated carbocycles. The molecule has 14 heteroatoms. The number of ketones is 1. The van der Waals surface area contributed by atoms with E-state index in [9.17, 15) is 24.3 Å². The van der Waals surface area contributed by atoms with Crippen LogP contribution in [-0.4, -0.2) is 120 Å². The Bertz CT molecular complexity index is 1410. The lowest BCUT2D eigenvalue weighted by Gasteiger charge is -2.48. The molecule has 3 aliphatic heterocycles. The van der Waals surface area contributed by atoms with Crippen LogP contribution < -0.4 is 0 Å². The molecule has 1 aromatic heterocycles. The summed E-state index contributed by atoms with van der Waals surface area (Å²) in [4.78, 5) is 60.6. The maximum Gasteiger partial charge on any atom is 0.509 e. The monoisotopic (exact) mass is 734 g/mol. The average Bonchev–Trinajstić information content (AvgIpc) is 3.42. The number of methoxy groups -OCH3 is 1. The number of cyclic esters (lactones) is 1. The number of aliphatic hydroxyl groups is 1. The predicted octanol–water partition coefficient (Wildman–Crippen LogP) is 3.89. The van der Waals surface area contributed by atoms with Gasteiger partial charge in [0.25, 0.3) is 0 Å². The van der Waals surface area contributed by atoms with Crippen molar-refractivity contribution >= 4 is 23.9 Å². The first-order chi connectivity index (χ1) is 24.4. The zero-order valence-corrected chi connectivity index (χ0v) is 32.4. The minimum Gasteiger partial charge on any atom is -0.461 e. The standard InChI is InChI=1S/C38H58N2O12/c1-12-27-38(8)33(51-36(45)52-38)22(4)29(42)20(2)18-37(7,46-11)32(50-35-30(43)26(40(9)10)16-21(3)47-35)23(5)31(24(6)34(44)48-27)49-28(41)17-25-14-13-15-39-19-25/h13-15,19-24,26-27,30-33,35,43H,12,16-18H2,1-11H3/t20-,21-,22+,23+,24-,26+,27-,30-,31+,32-,33-,35+,37+,38-/m1/s1. The van der Waals surface area contributed by atoms with Crippen molar-refractivity contribution in [3.8, 4) is 0 Å². The minimum absolute atomic E-state index is 0.113. The molecule has 14 atom stereocenters. The van der Waals surface area contributed by atoms with Crippen molar-refractivity contribution in [3.63, 3.8) is 0 Å². The smallest absolute Gasteiger partial charge is 0.461 e. The molecule has 3 aliphatic rings. The second kappa shape index (κ2) is 16.9. The Balaban J connectivity index is 1.84. The van der Waals surface area contributed by atoms with Crippen molar-refractivity contribution in [3.05, 3.63) is 30.1 Å². The molecule has 0 aromatic carbocycles. The van der Waals surface area contributed by atoms with Crippen LogP contribution in [0.15, 0.2) is 24.5 Å². The zero-order valence-electron chi connectivity index (χ0n) is 32.4. The van der Waals surface area contributed by atoms with Crippen molar-refractivity contribution < 1.29 is 57.4 Å². The van der Waals surface area contributed by atoms with E-state index in [4.69, 9.17) is 33.2 Å². The zero-order chi connectivity index (χ0) is 38.7. The molecule has 14 nitrogen and oxygen atoms in total. The van der Waals surface area contributed by atoms with Gasteiger partial charge in [-0.1, -0.05) is 33.8 Å². The Morgan fingerprint density at radius 1 is 1.08 bits per heavy atom. The Kier molecular flexibility index (Phi) is 13.5. The quantitative estimate of drug-likeness (QED) is 0.302. The van der Waals surface area contributed by atoms with E-state index in [0.717, 1.165) is 0 Å². The van der Waals surface area contributed by atoms with E-state index in [1.54, 1.807) is 73.0 Å². The van der Waals surface area contributed by atoms with E-state index in [1.165, 1.54) is 7.11 Å². The number of rotatable bonds is 8. The van der Waals surface area contributed by atoms with Crippen LogP contribution in [0.5, 0.6) is 0 Å². The fourth-order valence-electron chi connectivity index (χ4n) is 8.26. The lowest BCUT2D eigenvalue weighted by molar-refractivity contribution is -0.301. The van der Waals surface area contributed by atoms with Crippen LogP contribution in [0.25, 0.3) is 0 Å². The summed E-state index contributed by atoms with van der Waals surface area (Å²) in [6.07, 6.45) is -3.73. The molecule has 0 spiro atoms. The largest absolute Gasteiger partial charge is 0.509 e. The molecule has 1 N–H and O–H groups in total. The van der Waals surface area contributed by atoms with Gasteiger partial charge in [0.1, 0.15) is 24.1 Å². The highest BCUT2D eigenvalue weighted by atomic mass is 16.8. The molecule has 3 fully saturated rings.